The summed E-state index contributed by atoms with van der Waals surface area (Å²) in [4.78, 5) is 6.61. The van der Waals surface area contributed by atoms with Crippen LogP contribution < -0.4 is 20.8 Å². The molecule has 7 nitrogen and oxygen atoms in total. The van der Waals surface area contributed by atoms with Gasteiger partial charge in [0.15, 0.2) is 11.6 Å². The van der Waals surface area contributed by atoms with E-state index in [2.05, 4.69) is 27.5 Å². The van der Waals surface area contributed by atoms with Crippen LogP contribution in [0.15, 0.2) is 30.3 Å². The molecule has 0 aliphatic carbocycles. The number of nitrogens with zero attached hydrogens (tertiary/aromatic N) is 2. The second-order valence-corrected chi connectivity index (χ2v) is 15.5. The molecule has 44 heavy (non-hydrogen) atoms. The van der Waals surface area contributed by atoms with E-state index in [0.29, 0.717) is 45.7 Å². The van der Waals surface area contributed by atoms with Crippen LogP contribution >= 0.6 is 18.5 Å². The Morgan fingerprint density at radius 3 is 2.64 bits per heavy atom. The standard InChI is InChI=1S/C31H39F4N4O3PS/c1-6-20-17-24(28(32)19(2)39(20)14-15-40)37-23-10-7-9-21-22(18-31(33,34)35)26(44-29(21)23)11-8-16-42-25-12-13-27(43(4,5)41)38-30(25)36-3/h7,9-10,12-13,19-20,24,28,37,40H,6,14-18H2,1-5H3,(H,36,38). The number of rotatable bonds is 10. The molecule has 0 radical (unpaired) electrons. The number of β-amino-alcohol motifs (C(OH)–C–C–N with tert-alkyl or cyclic N) is 1. The molecule has 1 aliphatic heterocycles. The number of aliphatic hydroxyl groups excluding tert-OH is 1. The summed E-state index contributed by atoms with van der Waals surface area (Å²) in [6, 6.07) is 7.43. The van der Waals surface area contributed by atoms with Gasteiger partial charge in [0.05, 0.1) is 34.3 Å². The summed E-state index contributed by atoms with van der Waals surface area (Å²) in [5.74, 6) is 6.47. The molecule has 240 valence electrons. The van der Waals surface area contributed by atoms with Gasteiger partial charge in [-0.2, -0.15) is 13.2 Å². The van der Waals surface area contributed by atoms with Gasteiger partial charge in [0, 0.05) is 25.7 Å². The van der Waals surface area contributed by atoms with Gasteiger partial charge < -0.3 is 25.0 Å². The van der Waals surface area contributed by atoms with Crippen molar-refractivity contribution in [2.45, 2.75) is 63.6 Å². The molecule has 13 heteroatoms. The Labute approximate surface area is 259 Å². The Balaban J connectivity index is 1.62. The van der Waals surface area contributed by atoms with E-state index in [1.54, 1.807) is 57.6 Å². The minimum absolute atomic E-state index is 0.0578. The predicted molar refractivity (Wildman–Crippen MR) is 171 cm³/mol. The molecule has 0 bridgehead atoms. The summed E-state index contributed by atoms with van der Waals surface area (Å²) in [5, 5.41) is 16.1. The van der Waals surface area contributed by atoms with Crippen LogP contribution in [0.3, 0.4) is 0 Å². The maximum absolute atomic E-state index is 15.6. The summed E-state index contributed by atoms with van der Waals surface area (Å²) in [6.07, 6.45) is -5.56. The van der Waals surface area contributed by atoms with E-state index in [1.165, 1.54) is 0 Å². The van der Waals surface area contributed by atoms with Gasteiger partial charge in [0.2, 0.25) is 0 Å². The fourth-order valence-corrected chi connectivity index (χ4v) is 7.62. The molecule has 4 rings (SSSR count). The number of hydrogen-bond donors (Lipinski definition) is 3. The largest absolute Gasteiger partial charge is 0.477 e. The van der Waals surface area contributed by atoms with Crippen molar-refractivity contribution in [1.82, 2.24) is 9.88 Å². The molecule has 3 aromatic rings. The lowest BCUT2D eigenvalue weighted by atomic mass is 9.88. The van der Waals surface area contributed by atoms with E-state index in [1.807, 2.05) is 11.8 Å². The van der Waals surface area contributed by atoms with E-state index in [4.69, 9.17) is 4.74 Å². The first-order valence-electron chi connectivity index (χ1n) is 14.5. The van der Waals surface area contributed by atoms with E-state index >= 15 is 4.39 Å². The van der Waals surface area contributed by atoms with E-state index in [0.717, 1.165) is 17.8 Å². The van der Waals surface area contributed by atoms with E-state index in [9.17, 15) is 22.8 Å². The lowest BCUT2D eigenvalue weighted by molar-refractivity contribution is -0.126. The zero-order valence-corrected chi connectivity index (χ0v) is 27.2. The highest BCUT2D eigenvalue weighted by Crippen LogP contribution is 2.40. The summed E-state index contributed by atoms with van der Waals surface area (Å²) < 4.78 is 75.4. The van der Waals surface area contributed by atoms with Crippen LogP contribution in [0.5, 0.6) is 5.75 Å². The summed E-state index contributed by atoms with van der Waals surface area (Å²) in [6.45, 7) is 7.28. The van der Waals surface area contributed by atoms with Gasteiger partial charge in [-0.1, -0.05) is 30.9 Å². The first-order chi connectivity index (χ1) is 20.8. The first-order valence-corrected chi connectivity index (χ1v) is 17.9. The average Bonchev–Trinajstić information content (AvgIpc) is 3.31. The van der Waals surface area contributed by atoms with Gasteiger partial charge in [-0.3, -0.25) is 4.90 Å². The third-order valence-corrected chi connectivity index (χ3v) is 10.4. The van der Waals surface area contributed by atoms with Crippen LogP contribution in [0.1, 0.15) is 37.1 Å². The number of aliphatic hydroxyl groups is 1. The van der Waals surface area contributed by atoms with Crippen LogP contribution in [0.25, 0.3) is 10.1 Å². The van der Waals surface area contributed by atoms with Gasteiger partial charge in [-0.15, -0.1) is 11.3 Å². The zero-order chi connectivity index (χ0) is 32.2. The Hall–Kier alpha value is -2.84. The van der Waals surface area contributed by atoms with Crippen LogP contribution in [-0.2, 0) is 11.0 Å². The molecule has 1 fully saturated rings. The monoisotopic (exact) mass is 654 g/mol. The molecule has 4 unspecified atom stereocenters. The van der Waals surface area contributed by atoms with Gasteiger partial charge >= 0.3 is 6.18 Å². The number of pyridine rings is 1. The SMILES string of the molecule is CCC1CC(Nc2cccc3c(CC(F)(F)F)c(C#CCOc4ccc(P(C)(C)=O)nc4NC)sc23)C(F)C(C)N1CCO. The van der Waals surface area contributed by atoms with Crippen LogP contribution in [0, 0.1) is 11.8 Å². The summed E-state index contributed by atoms with van der Waals surface area (Å²) in [5.41, 5.74) is 1.09. The van der Waals surface area contributed by atoms with Crippen LogP contribution in [0.2, 0.25) is 0 Å². The average molecular weight is 655 g/mol. The number of thiophene rings is 1. The smallest absolute Gasteiger partial charge is 0.393 e. The molecule has 0 saturated carbocycles. The lowest BCUT2D eigenvalue weighted by Gasteiger charge is -2.46. The van der Waals surface area contributed by atoms with Crippen molar-refractivity contribution in [3.05, 3.63) is 40.8 Å². The molecule has 3 heterocycles. The van der Waals surface area contributed by atoms with Gasteiger partial charge in [0.1, 0.15) is 25.4 Å². The summed E-state index contributed by atoms with van der Waals surface area (Å²) >= 11 is 1.14. The van der Waals surface area contributed by atoms with Crippen LogP contribution in [0.4, 0.5) is 29.1 Å². The van der Waals surface area contributed by atoms with E-state index in [-0.39, 0.29) is 29.7 Å². The van der Waals surface area contributed by atoms with Crippen molar-refractivity contribution in [1.29, 1.82) is 0 Å². The number of anilines is 2. The Kier molecular flexibility index (Phi) is 10.9. The van der Waals surface area contributed by atoms with Crippen molar-refractivity contribution in [3.63, 3.8) is 0 Å². The number of fused-ring (bicyclic) bond motifs is 1. The molecular weight excluding hydrogens is 615 g/mol. The number of likely N-dealkylation sites (tertiary alicyclic amines) is 1. The molecule has 0 amide bonds. The number of nitrogens with one attached hydrogen (secondary N) is 2. The second-order valence-electron chi connectivity index (χ2n) is 11.3. The number of piperidine rings is 1. The third-order valence-electron chi connectivity index (χ3n) is 7.86. The van der Waals surface area contributed by atoms with Gasteiger partial charge in [0.25, 0.3) is 0 Å². The number of aromatic nitrogens is 1. The molecule has 2 aromatic heterocycles. The molecule has 0 spiro atoms. The first kappa shape index (κ1) is 34.0. The van der Waals surface area contributed by atoms with E-state index < -0.39 is 38.0 Å². The molecule has 1 aliphatic rings. The second kappa shape index (κ2) is 14.1. The zero-order valence-electron chi connectivity index (χ0n) is 25.5. The molecule has 4 atom stereocenters. The Bertz CT molecular complexity index is 1560. The third kappa shape index (κ3) is 7.86. The lowest BCUT2D eigenvalue weighted by Crippen LogP contribution is -2.58. The number of hydrogen-bond acceptors (Lipinski definition) is 8. The van der Waals surface area contributed by atoms with Crippen molar-refractivity contribution >= 4 is 45.5 Å². The fourth-order valence-electron chi connectivity index (χ4n) is 5.67. The van der Waals surface area contributed by atoms with Gasteiger partial charge in [-0.05, 0) is 62.2 Å². The highest BCUT2D eigenvalue weighted by molar-refractivity contribution is 7.69. The van der Waals surface area contributed by atoms with Gasteiger partial charge in [-0.25, -0.2) is 9.37 Å². The van der Waals surface area contributed by atoms with Crippen LogP contribution in [-0.4, -0.2) is 85.6 Å². The molecule has 3 N–H and O–H groups in total. The molecule has 1 aromatic carbocycles. The van der Waals surface area contributed by atoms with Crippen molar-refractivity contribution in [3.8, 4) is 17.6 Å². The van der Waals surface area contributed by atoms with Crippen molar-refractivity contribution in [2.24, 2.45) is 0 Å². The number of halogens is 4. The fraction of sp³-hybridized carbons (Fsp3) is 0.516. The quantitative estimate of drug-likeness (QED) is 0.138. The normalized spacial score (nSPS) is 21.1. The minimum atomic E-state index is -4.45. The predicted octanol–water partition coefficient (Wildman–Crippen LogP) is 6.11. The van der Waals surface area contributed by atoms with Crippen molar-refractivity contribution < 1.29 is 32.0 Å². The summed E-state index contributed by atoms with van der Waals surface area (Å²) in [7, 11) is -0.931. The Morgan fingerprint density at radius 1 is 1.25 bits per heavy atom. The van der Waals surface area contributed by atoms with Crippen molar-refractivity contribution in [2.75, 3.05) is 50.8 Å². The number of ether oxygens (including phenoxy) is 1. The molecular formula is C31H39F4N4O3PS. The highest BCUT2D eigenvalue weighted by Gasteiger charge is 2.40. The maximum Gasteiger partial charge on any atom is 0.393 e. The number of alkyl halides is 4. The Morgan fingerprint density at radius 2 is 2.00 bits per heavy atom. The number of benzene rings is 1. The molecule has 1 saturated heterocycles. The highest BCUT2D eigenvalue weighted by atomic mass is 32.1. The minimum Gasteiger partial charge on any atom is -0.477 e. The topological polar surface area (TPSA) is 86.7 Å². The maximum atomic E-state index is 15.6.